The van der Waals surface area contributed by atoms with Gasteiger partial charge in [-0.25, -0.2) is 8.78 Å². The normalized spacial score (nSPS) is 29.1. The number of hydrogen-bond donors (Lipinski definition) is 0. The molecule has 0 saturated heterocycles. The Kier molecular flexibility index (Phi) is 7.39. The van der Waals surface area contributed by atoms with Gasteiger partial charge in [-0.3, -0.25) is 0 Å². The van der Waals surface area contributed by atoms with Crippen LogP contribution in [0.3, 0.4) is 0 Å². The molecule has 29 heavy (non-hydrogen) atoms. The number of benzene rings is 1. The minimum absolute atomic E-state index is 0.00230. The molecule has 0 nitrogen and oxygen atoms in total. The smallest absolute Gasteiger partial charge is 0.207 e. The molecule has 0 aromatic heterocycles. The van der Waals surface area contributed by atoms with Crippen LogP contribution in [-0.4, -0.2) is 6.18 Å². The standard InChI is InChI=1S/C24H31F5/c1-16-2-4-17(5-3-16)6-7-18-10-13-21(22(25)14-18)20-11-8-19(9-12-20)15-23(26)24(27,28)29/h10,13-17,19-20H,2-9,11-12H2,1H3. The monoisotopic (exact) mass is 414 g/mol. The lowest BCUT2D eigenvalue weighted by atomic mass is 9.78. The average molecular weight is 415 g/mol. The number of aryl methyl sites for hydroxylation is 1. The van der Waals surface area contributed by atoms with Crippen molar-refractivity contribution in [2.75, 3.05) is 0 Å². The van der Waals surface area contributed by atoms with Crippen molar-refractivity contribution in [3.8, 4) is 0 Å². The lowest BCUT2D eigenvalue weighted by molar-refractivity contribution is -0.109. The summed E-state index contributed by atoms with van der Waals surface area (Å²) >= 11 is 0. The van der Waals surface area contributed by atoms with E-state index in [1.165, 1.54) is 25.7 Å². The third kappa shape index (κ3) is 6.29. The van der Waals surface area contributed by atoms with Gasteiger partial charge in [-0.15, -0.1) is 0 Å². The van der Waals surface area contributed by atoms with Gasteiger partial charge in [0.15, 0.2) is 5.83 Å². The van der Waals surface area contributed by atoms with E-state index in [0.717, 1.165) is 30.2 Å². The number of halogens is 5. The largest absolute Gasteiger partial charge is 0.442 e. The minimum Gasteiger partial charge on any atom is -0.207 e. The molecule has 1 aromatic rings. The molecule has 0 N–H and O–H groups in total. The van der Waals surface area contributed by atoms with E-state index >= 15 is 0 Å². The number of alkyl halides is 3. The third-order valence-electron chi connectivity index (χ3n) is 6.91. The molecule has 2 saturated carbocycles. The zero-order valence-electron chi connectivity index (χ0n) is 17.1. The molecule has 2 aliphatic rings. The van der Waals surface area contributed by atoms with Crippen molar-refractivity contribution in [3.05, 3.63) is 47.0 Å². The minimum atomic E-state index is -4.91. The van der Waals surface area contributed by atoms with Gasteiger partial charge in [-0.2, -0.15) is 13.2 Å². The number of allylic oxidation sites excluding steroid dienone is 2. The first-order valence-electron chi connectivity index (χ1n) is 10.9. The predicted molar refractivity (Wildman–Crippen MR) is 106 cm³/mol. The van der Waals surface area contributed by atoms with Crippen LogP contribution in [0.4, 0.5) is 22.0 Å². The first-order valence-corrected chi connectivity index (χ1v) is 10.9. The molecule has 1 aromatic carbocycles. The fourth-order valence-corrected chi connectivity index (χ4v) is 4.94. The first-order chi connectivity index (χ1) is 13.7. The lowest BCUT2D eigenvalue weighted by Crippen LogP contribution is -2.16. The summed E-state index contributed by atoms with van der Waals surface area (Å²) in [6.07, 6.45) is 5.00. The van der Waals surface area contributed by atoms with Crippen molar-refractivity contribution in [1.82, 2.24) is 0 Å². The van der Waals surface area contributed by atoms with Crippen LogP contribution in [0.1, 0.15) is 81.8 Å². The molecular weight excluding hydrogens is 383 g/mol. The van der Waals surface area contributed by atoms with E-state index in [1.807, 2.05) is 12.1 Å². The van der Waals surface area contributed by atoms with Crippen molar-refractivity contribution in [3.63, 3.8) is 0 Å². The second kappa shape index (κ2) is 9.61. The molecule has 0 radical (unpaired) electrons. The fourth-order valence-electron chi connectivity index (χ4n) is 4.94. The van der Waals surface area contributed by atoms with E-state index in [0.29, 0.717) is 37.3 Å². The Balaban J connectivity index is 1.52. The summed E-state index contributed by atoms with van der Waals surface area (Å²) in [4.78, 5) is 0. The molecule has 162 valence electrons. The van der Waals surface area contributed by atoms with Gasteiger partial charge in [-0.1, -0.05) is 44.7 Å². The van der Waals surface area contributed by atoms with Gasteiger partial charge in [0.05, 0.1) is 0 Å². The first kappa shape index (κ1) is 22.3. The van der Waals surface area contributed by atoms with Crippen molar-refractivity contribution in [2.24, 2.45) is 17.8 Å². The van der Waals surface area contributed by atoms with Gasteiger partial charge in [0.1, 0.15) is 5.82 Å². The Morgan fingerprint density at radius 3 is 2.24 bits per heavy atom. The third-order valence-corrected chi connectivity index (χ3v) is 6.91. The molecule has 5 heteroatoms. The van der Waals surface area contributed by atoms with Gasteiger partial charge in [0, 0.05) is 0 Å². The number of rotatable bonds is 5. The molecule has 0 spiro atoms. The Labute approximate surface area is 170 Å². The summed E-state index contributed by atoms with van der Waals surface area (Å²) in [7, 11) is 0. The van der Waals surface area contributed by atoms with Crippen LogP contribution in [0.25, 0.3) is 0 Å². The topological polar surface area (TPSA) is 0 Å². The molecule has 0 aliphatic heterocycles. The SMILES string of the molecule is CC1CCC(CCc2ccc(C3CCC(C=C(F)C(F)(F)F)CC3)c(F)c2)CC1. The molecule has 0 bridgehead atoms. The van der Waals surface area contributed by atoms with Crippen LogP contribution in [0.5, 0.6) is 0 Å². The zero-order chi connectivity index (χ0) is 21.0. The Morgan fingerprint density at radius 2 is 1.66 bits per heavy atom. The molecular formula is C24H31F5. The maximum Gasteiger partial charge on any atom is 0.442 e. The molecule has 2 aliphatic carbocycles. The highest BCUT2D eigenvalue weighted by Crippen LogP contribution is 2.39. The fraction of sp³-hybridized carbons (Fsp3) is 0.667. The van der Waals surface area contributed by atoms with Gasteiger partial charge in [0.25, 0.3) is 0 Å². The van der Waals surface area contributed by atoms with E-state index < -0.39 is 17.9 Å². The van der Waals surface area contributed by atoms with Crippen LogP contribution in [0.15, 0.2) is 30.1 Å². The molecule has 0 amide bonds. The van der Waals surface area contributed by atoms with E-state index in [1.54, 1.807) is 6.07 Å². The molecule has 0 heterocycles. The Morgan fingerprint density at radius 1 is 1.00 bits per heavy atom. The van der Waals surface area contributed by atoms with Crippen LogP contribution < -0.4 is 0 Å². The van der Waals surface area contributed by atoms with Crippen molar-refractivity contribution >= 4 is 0 Å². The summed E-state index contributed by atoms with van der Waals surface area (Å²) in [5.74, 6) is -1.06. The summed E-state index contributed by atoms with van der Waals surface area (Å²) in [6.45, 7) is 2.31. The quantitative estimate of drug-likeness (QED) is 0.425. The van der Waals surface area contributed by atoms with Gasteiger partial charge in [0.2, 0.25) is 0 Å². The maximum atomic E-state index is 14.7. The molecule has 0 atom stereocenters. The van der Waals surface area contributed by atoms with Crippen LogP contribution in [0, 0.1) is 23.6 Å². The van der Waals surface area contributed by atoms with Crippen LogP contribution in [-0.2, 0) is 6.42 Å². The van der Waals surface area contributed by atoms with E-state index in [-0.39, 0.29) is 11.7 Å². The highest BCUT2D eigenvalue weighted by Gasteiger charge is 2.35. The van der Waals surface area contributed by atoms with Crippen LogP contribution >= 0.6 is 0 Å². The summed E-state index contributed by atoms with van der Waals surface area (Å²) in [5, 5.41) is 0. The lowest BCUT2D eigenvalue weighted by Gasteiger charge is -2.28. The highest BCUT2D eigenvalue weighted by molar-refractivity contribution is 5.28. The van der Waals surface area contributed by atoms with E-state index in [9.17, 15) is 22.0 Å². The Hall–Kier alpha value is -1.39. The van der Waals surface area contributed by atoms with Crippen molar-refractivity contribution < 1.29 is 22.0 Å². The van der Waals surface area contributed by atoms with E-state index in [4.69, 9.17) is 0 Å². The molecule has 3 rings (SSSR count). The van der Waals surface area contributed by atoms with Crippen molar-refractivity contribution in [1.29, 1.82) is 0 Å². The van der Waals surface area contributed by atoms with Gasteiger partial charge in [-0.05, 0) is 85.5 Å². The van der Waals surface area contributed by atoms with Gasteiger partial charge < -0.3 is 0 Å². The molecule has 2 fully saturated rings. The van der Waals surface area contributed by atoms with Crippen LogP contribution in [0.2, 0.25) is 0 Å². The number of hydrogen-bond acceptors (Lipinski definition) is 0. The average Bonchev–Trinajstić information content (AvgIpc) is 2.68. The van der Waals surface area contributed by atoms with Crippen molar-refractivity contribution in [2.45, 2.75) is 83.2 Å². The van der Waals surface area contributed by atoms with E-state index in [2.05, 4.69) is 6.92 Å². The summed E-state index contributed by atoms with van der Waals surface area (Å²) in [5.41, 5.74) is 1.67. The summed E-state index contributed by atoms with van der Waals surface area (Å²) < 4.78 is 64.8. The second-order valence-electron chi connectivity index (χ2n) is 9.14. The second-order valence-corrected chi connectivity index (χ2v) is 9.14. The zero-order valence-corrected chi connectivity index (χ0v) is 17.1. The van der Waals surface area contributed by atoms with Gasteiger partial charge >= 0.3 is 6.18 Å². The predicted octanol–water partition coefficient (Wildman–Crippen LogP) is 8.27. The molecule has 0 unspecified atom stereocenters. The highest BCUT2D eigenvalue weighted by atomic mass is 19.4. The maximum absolute atomic E-state index is 14.7. The summed E-state index contributed by atoms with van der Waals surface area (Å²) in [6, 6.07) is 5.49. The Bertz CT molecular complexity index is 690.